The average molecular weight is 340 g/mol. The Morgan fingerprint density at radius 3 is 2.36 bits per heavy atom. The van der Waals surface area contributed by atoms with Crippen molar-refractivity contribution in [1.82, 2.24) is 0 Å². The lowest BCUT2D eigenvalue weighted by atomic mass is 10.1. The summed E-state index contributed by atoms with van der Waals surface area (Å²) in [4.78, 5) is 44.4. The highest BCUT2D eigenvalue weighted by molar-refractivity contribution is 5.96. The summed E-state index contributed by atoms with van der Waals surface area (Å²) in [5.41, 5.74) is -2.20. The fraction of sp³-hybridized carbons (Fsp3) is 0. The second-order valence-electron chi connectivity index (χ2n) is 5.02. The molecule has 0 atom stereocenters. The van der Waals surface area contributed by atoms with E-state index in [9.17, 15) is 29.8 Å². The Bertz CT molecular complexity index is 1100. The van der Waals surface area contributed by atoms with E-state index in [0.717, 1.165) is 6.07 Å². The van der Waals surface area contributed by atoms with Crippen LogP contribution in [0.1, 0.15) is 10.4 Å². The lowest BCUT2D eigenvalue weighted by Crippen LogP contribution is -2.11. The Morgan fingerprint density at radius 1 is 1.00 bits per heavy atom. The zero-order chi connectivity index (χ0) is 18.1. The standard InChI is InChI=1S/C16H8N2O7/c19-8-10-4-2-6-12-14(20)13(18(23)24)16(25-15(10)12)9-3-1-5-11(7-9)17(21)22/h1-8H. The van der Waals surface area contributed by atoms with Crippen LogP contribution in [0.15, 0.2) is 51.7 Å². The van der Waals surface area contributed by atoms with Gasteiger partial charge in [-0.05, 0) is 12.1 Å². The predicted molar refractivity (Wildman–Crippen MR) is 86.6 cm³/mol. The van der Waals surface area contributed by atoms with Gasteiger partial charge in [-0.3, -0.25) is 29.8 Å². The summed E-state index contributed by atoms with van der Waals surface area (Å²) in [7, 11) is 0. The van der Waals surface area contributed by atoms with Crippen molar-refractivity contribution in [3.63, 3.8) is 0 Å². The summed E-state index contributed by atoms with van der Waals surface area (Å²) in [6, 6.07) is 9.01. The van der Waals surface area contributed by atoms with Crippen LogP contribution in [0.4, 0.5) is 11.4 Å². The Balaban J connectivity index is 2.45. The third-order valence-corrected chi connectivity index (χ3v) is 3.55. The maximum absolute atomic E-state index is 12.5. The van der Waals surface area contributed by atoms with E-state index in [1.165, 1.54) is 36.4 Å². The molecule has 1 heterocycles. The number of nitrogens with zero attached hydrogens (tertiary/aromatic N) is 2. The van der Waals surface area contributed by atoms with Crippen LogP contribution in [0.5, 0.6) is 0 Å². The Morgan fingerprint density at radius 2 is 1.72 bits per heavy atom. The molecular formula is C16H8N2O7. The Hall–Kier alpha value is -3.88. The summed E-state index contributed by atoms with van der Waals surface area (Å²) >= 11 is 0. The van der Waals surface area contributed by atoms with Crippen LogP contribution in [0.3, 0.4) is 0 Å². The average Bonchev–Trinajstić information content (AvgIpc) is 2.60. The maximum atomic E-state index is 12.5. The van der Waals surface area contributed by atoms with Crippen molar-refractivity contribution < 1.29 is 19.1 Å². The number of para-hydroxylation sites is 1. The molecule has 0 radical (unpaired) electrons. The van der Waals surface area contributed by atoms with E-state index in [1.807, 2.05) is 0 Å². The first-order valence-corrected chi connectivity index (χ1v) is 6.88. The smallest absolute Gasteiger partial charge is 0.359 e. The molecule has 0 fully saturated rings. The number of benzene rings is 2. The fourth-order valence-corrected chi connectivity index (χ4v) is 2.44. The van der Waals surface area contributed by atoms with Gasteiger partial charge in [0.25, 0.3) is 11.1 Å². The molecule has 0 bridgehead atoms. The van der Waals surface area contributed by atoms with Crippen LogP contribution in [-0.4, -0.2) is 16.1 Å². The van der Waals surface area contributed by atoms with E-state index >= 15 is 0 Å². The van der Waals surface area contributed by atoms with Gasteiger partial charge in [-0.2, -0.15) is 0 Å². The molecule has 0 aliphatic carbocycles. The van der Waals surface area contributed by atoms with Crippen LogP contribution >= 0.6 is 0 Å². The van der Waals surface area contributed by atoms with Crippen LogP contribution in [0.25, 0.3) is 22.3 Å². The van der Waals surface area contributed by atoms with Crippen molar-refractivity contribution in [2.75, 3.05) is 0 Å². The molecule has 3 aromatic rings. The van der Waals surface area contributed by atoms with Crippen LogP contribution in [0, 0.1) is 20.2 Å². The Labute approximate surface area is 138 Å². The number of hydrogen-bond donors (Lipinski definition) is 0. The highest BCUT2D eigenvalue weighted by atomic mass is 16.6. The maximum Gasteiger partial charge on any atom is 0.359 e. The van der Waals surface area contributed by atoms with Crippen molar-refractivity contribution in [1.29, 1.82) is 0 Å². The molecular weight excluding hydrogens is 332 g/mol. The van der Waals surface area contributed by atoms with Gasteiger partial charge in [-0.15, -0.1) is 0 Å². The third kappa shape index (κ3) is 2.63. The van der Waals surface area contributed by atoms with Crippen molar-refractivity contribution in [3.05, 3.63) is 78.5 Å². The van der Waals surface area contributed by atoms with E-state index in [2.05, 4.69) is 0 Å². The summed E-state index contributed by atoms with van der Waals surface area (Å²) < 4.78 is 5.48. The number of hydrogen-bond acceptors (Lipinski definition) is 7. The normalized spacial score (nSPS) is 10.6. The molecule has 0 amide bonds. The molecule has 2 aromatic carbocycles. The molecule has 0 aliphatic rings. The molecule has 0 saturated heterocycles. The van der Waals surface area contributed by atoms with E-state index < -0.39 is 26.7 Å². The molecule has 0 aliphatic heterocycles. The van der Waals surface area contributed by atoms with Gasteiger partial charge in [0.1, 0.15) is 5.58 Å². The predicted octanol–water partition coefficient (Wildman–Crippen LogP) is 3.09. The van der Waals surface area contributed by atoms with Gasteiger partial charge in [0.05, 0.1) is 20.8 Å². The fourth-order valence-electron chi connectivity index (χ4n) is 2.44. The van der Waals surface area contributed by atoms with E-state index in [0.29, 0.717) is 6.29 Å². The molecule has 3 rings (SSSR count). The number of fused-ring (bicyclic) bond motifs is 1. The van der Waals surface area contributed by atoms with Crippen LogP contribution in [0.2, 0.25) is 0 Å². The second-order valence-corrected chi connectivity index (χ2v) is 5.02. The molecule has 1 aromatic heterocycles. The Kier molecular flexibility index (Phi) is 3.82. The van der Waals surface area contributed by atoms with Gasteiger partial charge in [0, 0.05) is 17.7 Å². The highest BCUT2D eigenvalue weighted by Gasteiger charge is 2.27. The first-order chi connectivity index (χ1) is 11.9. The summed E-state index contributed by atoms with van der Waals surface area (Å²) in [5.74, 6) is -0.444. The quantitative estimate of drug-likeness (QED) is 0.404. The molecule has 0 saturated carbocycles. The summed E-state index contributed by atoms with van der Waals surface area (Å²) in [5, 5.41) is 22.2. The minimum Gasteiger partial charge on any atom is -0.448 e. The zero-order valence-electron chi connectivity index (χ0n) is 12.4. The largest absolute Gasteiger partial charge is 0.448 e. The lowest BCUT2D eigenvalue weighted by molar-refractivity contribution is -0.386. The molecule has 9 heteroatoms. The molecule has 0 spiro atoms. The minimum atomic E-state index is -0.934. The van der Waals surface area contributed by atoms with Gasteiger partial charge in [-0.1, -0.05) is 18.2 Å². The summed E-state index contributed by atoms with van der Waals surface area (Å²) in [6.07, 6.45) is 0.453. The minimum absolute atomic E-state index is 0.0133. The zero-order valence-corrected chi connectivity index (χ0v) is 12.4. The van der Waals surface area contributed by atoms with E-state index in [-0.39, 0.29) is 27.8 Å². The van der Waals surface area contributed by atoms with E-state index in [4.69, 9.17) is 4.42 Å². The van der Waals surface area contributed by atoms with Gasteiger partial charge in [-0.25, -0.2) is 0 Å². The molecule has 9 nitrogen and oxygen atoms in total. The lowest BCUT2D eigenvalue weighted by Gasteiger charge is -2.06. The number of nitro benzene ring substituents is 1. The van der Waals surface area contributed by atoms with Gasteiger partial charge in [0.2, 0.25) is 5.76 Å². The van der Waals surface area contributed by atoms with Crippen molar-refractivity contribution >= 4 is 28.6 Å². The van der Waals surface area contributed by atoms with Gasteiger partial charge in [0.15, 0.2) is 6.29 Å². The number of aldehydes is 1. The highest BCUT2D eigenvalue weighted by Crippen LogP contribution is 2.33. The first-order valence-electron chi connectivity index (χ1n) is 6.88. The number of nitro groups is 2. The summed E-state index contributed by atoms with van der Waals surface area (Å²) in [6.45, 7) is 0. The van der Waals surface area contributed by atoms with Gasteiger partial charge >= 0.3 is 5.69 Å². The molecule has 124 valence electrons. The van der Waals surface area contributed by atoms with Crippen LogP contribution in [-0.2, 0) is 0 Å². The first kappa shape index (κ1) is 16.0. The van der Waals surface area contributed by atoms with Crippen molar-refractivity contribution in [2.24, 2.45) is 0 Å². The SMILES string of the molecule is O=Cc1cccc2c(=O)c([N+](=O)[O-])c(-c3cccc([N+](=O)[O-])c3)oc12. The molecule has 25 heavy (non-hydrogen) atoms. The van der Waals surface area contributed by atoms with Gasteiger partial charge < -0.3 is 4.42 Å². The second kappa shape index (κ2) is 5.96. The van der Waals surface area contributed by atoms with E-state index in [1.54, 1.807) is 0 Å². The van der Waals surface area contributed by atoms with Crippen molar-refractivity contribution in [3.8, 4) is 11.3 Å². The number of carbonyl (C=O) groups is 1. The molecule has 0 N–H and O–H groups in total. The number of rotatable bonds is 4. The molecule has 0 unspecified atom stereocenters. The van der Waals surface area contributed by atoms with Crippen molar-refractivity contribution in [2.45, 2.75) is 0 Å². The number of carbonyl (C=O) groups excluding carboxylic acids is 1. The number of non-ortho nitro benzene ring substituents is 1. The monoisotopic (exact) mass is 340 g/mol. The third-order valence-electron chi connectivity index (χ3n) is 3.55. The topological polar surface area (TPSA) is 134 Å². The van der Waals surface area contributed by atoms with Crippen LogP contribution < -0.4 is 5.43 Å².